The van der Waals surface area contributed by atoms with Crippen LogP contribution in [-0.2, 0) is 13.0 Å². The lowest BCUT2D eigenvalue weighted by Gasteiger charge is -2.20. The van der Waals surface area contributed by atoms with Crippen LogP contribution in [0, 0.1) is 6.92 Å². The highest BCUT2D eigenvalue weighted by atomic mass is 32.1. The lowest BCUT2D eigenvalue weighted by Crippen LogP contribution is -2.34. The fraction of sp³-hybridized carbons (Fsp3) is 0.562. The number of nitrogens with zero attached hydrogens (tertiary/aromatic N) is 2. The Kier molecular flexibility index (Phi) is 5.41. The number of nitrogens with one attached hydrogen (secondary N) is 1. The molecule has 0 saturated heterocycles. The van der Waals surface area contributed by atoms with Gasteiger partial charge in [0.05, 0.1) is 5.69 Å². The first-order valence-corrected chi connectivity index (χ1v) is 8.99. The van der Waals surface area contributed by atoms with Crippen LogP contribution in [0.3, 0.4) is 0 Å². The SMILES string of the molecule is Cc1nc(N(C)CCc2cccs2)sc1CNC(C)(C)C. The zero-order chi connectivity index (χ0) is 15.5. The molecular formula is C16H25N3S2. The maximum Gasteiger partial charge on any atom is 0.185 e. The van der Waals surface area contributed by atoms with Crippen molar-refractivity contribution in [3.8, 4) is 0 Å². The van der Waals surface area contributed by atoms with Crippen molar-refractivity contribution in [3.05, 3.63) is 33.0 Å². The Morgan fingerprint density at radius 3 is 2.71 bits per heavy atom. The quantitative estimate of drug-likeness (QED) is 0.868. The van der Waals surface area contributed by atoms with Gasteiger partial charge >= 0.3 is 0 Å². The number of hydrogen-bond donors (Lipinski definition) is 1. The third-order valence-corrected chi connectivity index (χ3v) is 5.47. The Labute approximate surface area is 136 Å². The summed E-state index contributed by atoms with van der Waals surface area (Å²) in [6.07, 6.45) is 1.09. The molecule has 0 saturated carbocycles. The van der Waals surface area contributed by atoms with Gasteiger partial charge in [0.2, 0.25) is 0 Å². The largest absolute Gasteiger partial charge is 0.351 e. The van der Waals surface area contributed by atoms with Gasteiger partial charge in [-0.1, -0.05) is 6.07 Å². The predicted octanol–water partition coefficient (Wildman–Crippen LogP) is 4.08. The molecule has 116 valence electrons. The minimum atomic E-state index is 0.141. The van der Waals surface area contributed by atoms with Crippen molar-refractivity contribution >= 4 is 27.8 Å². The minimum absolute atomic E-state index is 0.141. The molecule has 1 N–H and O–H groups in total. The fourth-order valence-corrected chi connectivity index (χ4v) is 3.60. The van der Waals surface area contributed by atoms with Gasteiger partial charge in [0.1, 0.15) is 0 Å². The summed E-state index contributed by atoms with van der Waals surface area (Å²) in [5, 5.41) is 6.80. The molecule has 0 fully saturated rings. The highest BCUT2D eigenvalue weighted by Crippen LogP contribution is 2.26. The zero-order valence-electron chi connectivity index (χ0n) is 13.6. The standard InChI is InChI=1S/C16H25N3S2/c1-12-14(11-17-16(2,3)4)21-15(18-12)19(5)9-8-13-7-6-10-20-13/h6-7,10,17H,8-9,11H2,1-5H3. The molecule has 0 aliphatic rings. The van der Waals surface area contributed by atoms with Crippen LogP contribution in [-0.4, -0.2) is 24.1 Å². The van der Waals surface area contributed by atoms with E-state index in [0.717, 1.165) is 30.3 Å². The van der Waals surface area contributed by atoms with Crippen molar-refractivity contribution in [3.63, 3.8) is 0 Å². The second kappa shape index (κ2) is 6.90. The Balaban J connectivity index is 1.93. The summed E-state index contributed by atoms with van der Waals surface area (Å²) in [4.78, 5) is 9.75. The molecule has 0 aromatic carbocycles. The number of aryl methyl sites for hydroxylation is 1. The van der Waals surface area contributed by atoms with E-state index >= 15 is 0 Å². The summed E-state index contributed by atoms with van der Waals surface area (Å²) in [6.45, 7) is 10.6. The van der Waals surface area contributed by atoms with Gasteiger partial charge in [-0.15, -0.1) is 22.7 Å². The molecule has 0 unspecified atom stereocenters. The van der Waals surface area contributed by atoms with E-state index in [-0.39, 0.29) is 5.54 Å². The van der Waals surface area contributed by atoms with Crippen LogP contribution in [0.5, 0.6) is 0 Å². The lowest BCUT2D eigenvalue weighted by atomic mass is 10.1. The third kappa shape index (κ3) is 5.09. The number of thiophene rings is 1. The van der Waals surface area contributed by atoms with Crippen molar-refractivity contribution in [2.75, 3.05) is 18.5 Å². The molecule has 0 aliphatic heterocycles. The Morgan fingerprint density at radius 1 is 1.33 bits per heavy atom. The fourth-order valence-electron chi connectivity index (χ4n) is 1.91. The number of likely N-dealkylation sites (N-methyl/N-ethyl adjacent to an activating group) is 1. The van der Waals surface area contributed by atoms with E-state index in [1.165, 1.54) is 9.75 Å². The number of hydrogen-bond acceptors (Lipinski definition) is 5. The van der Waals surface area contributed by atoms with Crippen LogP contribution in [0.1, 0.15) is 36.2 Å². The summed E-state index contributed by atoms with van der Waals surface area (Å²) in [6, 6.07) is 4.31. The molecule has 5 heteroatoms. The molecule has 0 bridgehead atoms. The number of aromatic nitrogens is 1. The first-order valence-electron chi connectivity index (χ1n) is 7.30. The second-order valence-corrected chi connectivity index (χ2v) is 8.45. The molecule has 2 aromatic rings. The van der Waals surface area contributed by atoms with Crippen molar-refractivity contribution < 1.29 is 0 Å². The Bertz CT molecular complexity index is 553. The van der Waals surface area contributed by atoms with Gasteiger partial charge in [-0.2, -0.15) is 0 Å². The van der Waals surface area contributed by atoms with Gasteiger partial charge in [-0.05, 0) is 45.6 Å². The van der Waals surface area contributed by atoms with Crippen LogP contribution >= 0.6 is 22.7 Å². The van der Waals surface area contributed by atoms with E-state index in [9.17, 15) is 0 Å². The number of rotatable bonds is 6. The molecule has 2 heterocycles. The number of anilines is 1. The lowest BCUT2D eigenvalue weighted by molar-refractivity contribution is 0.425. The predicted molar refractivity (Wildman–Crippen MR) is 94.7 cm³/mol. The third-order valence-electron chi connectivity index (χ3n) is 3.26. The van der Waals surface area contributed by atoms with Gasteiger partial charge < -0.3 is 10.2 Å². The van der Waals surface area contributed by atoms with Gasteiger partial charge in [-0.3, -0.25) is 0 Å². The van der Waals surface area contributed by atoms with Gasteiger partial charge in [-0.25, -0.2) is 4.98 Å². The Morgan fingerprint density at radius 2 is 2.10 bits per heavy atom. The van der Waals surface area contributed by atoms with Crippen LogP contribution in [0.4, 0.5) is 5.13 Å². The van der Waals surface area contributed by atoms with Gasteiger partial charge in [0.15, 0.2) is 5.13 Å². The average molecular weight is 324 g/mol. The van der Waals surface area contributed by atoms with Crippen LogP contribution < -0.4 is 10.2 Å². The van der Waals surface area contributed by atoms with E-state index < -0.39 is 0 Å². The summed E-state index contributed by atoms with van der Waals surface area (Å²) >= 11 is 3.63. The molecule has 0 atom stereocenters. The van der Waals surface area contributed by atoms with E-state index in [0.29, 0.717) is 0 Å². The molecule has 2 aromatic heterocycles. The molecule has 2 rings (SSSR count). The van der Waals surface area contributed by atoms with E-state index in [1.807, 2.05) is 11.3 Å². The van der Waals surface area contributed by atoms with Gasteiger partial charge in [0, 0.05) is 35.4 Å². The summed E-state index contributed by atoms with van der Waals surface area (Å²) in [5.74, 6) is 0. The second-order valence-electron chi connectivity index (χ2n) is 6.36. The van der Waals surface area contributed by atoms with E-state index in [2.05, 4.69) is 62.5 Å². The molecular weight excluding hydrogens is 298 g/mol. The summed E-state index contributed by atoms with van der Waals surface area (Å²) in [5.41, 5.74) is 1.29. The topological polar surface area (TPSA) is 28.2 Å². The van der Waals surface area contributed by atoms with Crippen LogP contribution in [0.25, 0.3) is 0 Å². The monoisotopic (exact) mass is 323 g/mol. The smallest absolute Gasteiger partial charge is 0.185 e. The Hall–Kier alpha value is -0.910. The van der Waals surface area contributed by atoms with E-state index in [1.54, 1.807) is 11.3 Å². The van der Waals surface area contributed by atoms with Crippen LogP contribution in [0.15, 0.2) is 17.5 Å². The highest BCUT2D eigenvalue weighted by molar-refractivity contribution is 7.15. The van der Waals surface area contributed by atoms with Gasteiger partial charge in [0.25, 0.3) is 0 Å². The average Bonchev–Trinajstić information content (AvgIpc) is 3.02. The molecule has 0 aliphatic carbocycles. The maximum absolute atomic E-state index is 4.72. The molecule has 21 heavy (non-hydrogen) atoms. The number of thiazole rings is 1. The van der Waals surface area contributed by atoms with Crippen LogP contribution in [0.2, 0.25) is 0 Å². The molecule has 0 amide bonds. The summed E-state index contributed by atoms with van der Waals surface area (Å²) in [7, 11) is 2.13. The normalized spacial score (nSPS) is 11.9. The van der Waals surface area contributed by atoms with Crippen molar-refractivity contribution in [1.29, 1.82) is 0 Å². The van der Waals surface area contributed by atoms with Crippen molar-refractivity contribution in [2.24, 2.45) is 0 Å². The van der Waals surface area contributed by atoms with E-state index in [4.69, 9.17) is 4.98 Å². The van der Waals surface area contributed by atoms with Crippen molar-refractivity contribution in [2.45, 2.75) is 46.2 Å². The zero-order valence-corrected chi connectivity index (χ0v) is 15.2. The molecule has 0 radical (unpaired) electrons. The maximum atomic E-state index is 4.72. The minimum Gasteiger partial charge on any atom is -0.351 e. The highest BCUT2D eigenvalue weighted by Gasteiger charge is 2.14. The summed E-state index contributed by atoms with van der Waals surface area (Å²) < 4.78 is 0. The molecule has 0 spiro atoms. The van der Waals surface area contributed by atoms with Crippen molar-refractivity contribution in [1.82, 2.24) is 10.3 Å². The first kappa shape index (κ1) is 16.5. The molecule has 3 nitrogen and oxygen atoms in total. The first-order chi connectivity index (χ1) is 9.85.